The Balaban J connectivity index is 1.63. The minimum Gasteiger partial charge on any atom is -0.378 e. The zero-order chi connectivity index (χ0) is 17.8. The highest BCUT2D eigenvalue weighted by Gasteiger charge is 2.26. The number of aromatic nitrogens is 1. The molecule has 1 aromatic carbocycles. The summed E-state index contributed by atoms with van der Waals surface area (Å²) in [5.41, 5.74) is 2.12. The molecule has 0 spiro atoms. The van der Waals surface area contributed by atoms with E-state index < -0.39 is 0 Å². The lowest BCUT2D eigenvalue weighted by Gasteiger charge is -2.34. The number of rotatable bonds is 3. The molecule has 2 amide bonds. The SMILES string of the molecule is CN(C)c1cccc(C(=O)N2CCN(C(=O)c3ccccn3)CC2)c1. The molecule has 0 N–H and O–H groups in total. The average molecular weight is 338 g/mol. The third-order valence-corrected chi connectivity index (χ3v) is 4.35. The van der Waals surface area contributed by atoms with Crippen LogP contribution in [0.3, 0.4) is 0 Å². The molecule has 0 aliphatic carbocycles. The summed E-state index contributed by atoms with van der Waals surface area (Å²) in [6, 6.07) is 12.9. The van der Waals surface area contributed by atoms with Crippen LogP contribution in [0, 0.1) is 0 Å². The Morgan fingerprint density at radius 3 is 2.20 bits per heavy atom. The molecule has 0 saturated carbocycles. The number of pyridine rings is 1. The van der Waals surface area contributed by atoms with Gasteiger partial charge >= 0.3 is 0 Å². The molecule has 1 saturated heterocycles. The fraction of sp³-hybridized carbons (Fsp3) is 0.316. The van der Waals surface area contributed by atoms with E-state index in [2.05, 4.69) is 4.98 Å². The van der Waals surface area contributed by atoms with Crippen molar-refractivity contribution in [2.24, 2.45) is 0 Å². The van der Waals surface area contributed by atoms with Gasteiger partial charge in [0.15, 0.2) is 0 Å². The summed E-state index contributed by atoms with van der Waals surface area (Å²) in [4.78, 5) is 34.8. The van der Waals surface area contributed by atoms with Crippen molar-refractivity contribution in [3.63, 3.8) is 0 Å². The van der Waals surface area contributed by atoms with E-state index in [0.29, 0.717) is 37.4 Å². The molecule has 130 valence electrons. The third kappa shape index (κ3) is 3.79. The van der Waals surface area contributed by atoms with Crippen LogP contribution in [0.4, 0.5) is 5.69 Å². The molecule has 2 heterocycles. The van der Waals surface area contributed by atoms with Crippen LogP contribution in [0.1, 0.15) is 20.8 Å². The van der Waals surface area contributed by atoms with Crippen LogP contribution in [-0.4, -0.2) is 66.9 Å². The molecule has 0 radical (unpaired) electrons. The summed E-state index contributed by atoms with van der Waals surface area (Å²) in [7, 11) is 3.90. The summed E-state index contributed by atoms with van der Waals surface area (Å²) < 4.78 is 0. The maximum atomic E-state index is 12.7. The Bertz CT molecular complexity index is 753. The predicted octanol–water partition coefficient (Wildman–Crippen LogP) is 1.75. The third-order valence-electron chi connectivity index (χ3n) is 4.35. The van der Waals surface area contributed by atoms with Gasteiger partial charge in [0.05, 0.1) is 0 Å². The number of amides is 2. The van der Waals surface area contributed by atoms with Crippen LogP contribution in [-0.2, 0) is 0 Å². The van der Waals surface area contributed by atoms with E-state index in [1.165, 1.54) is 0 Å². The average Bonchev–Trinajstić information content (AvgIpc) is 2.67. The van der Waals surface area contributed by atoms with Gasteiger partial charge in [-0.15, -0.1) is 0 Å². The first-order valence-corrected chi connectivity index (χ1v) is 8.33. The Morgan fingerprint density at radius 1 is 0.920 bits per heavy atom. The Labute approximate surface area is 147 Å². The largest absolute Gasteiger partial charge is 0.378 e. The number of carbonyl (C=O) groups is 2. The quantitative estimate of drug-likeness (QED) is 0.855. The van der Waals surface area contributed by atoms with Gasteiger partial charge < -0.3 is 14.7 Å². The van der Waals surface area contributed by atoms with Crippen molar-refractivity contribution in [2.75, 3.05) is 45.2 Å². The lowest BCUT2D eigenvalue weighted by molar-refractivity contribution is 0.0532. The first kappa shape index (κ1) is 17.0. The standard InChI is InChI=1S/C19H22N4O2/c1-21(2)16-7-5-6-15(14-16)18(24)22-10-12-23(13-11-22)19(25)17-8-3-4-9-20-17/h3-9,14H,10-13H2,1-2H3. The molecule has 2 aromatic rings. The number of benzene rings is 1. The molecule has 0 bridgehead atoms. The van der Waals surface area contributed by atoms with Gasteiger partial charge in [0.2, 0.25) is 0 Å². The van der Waals surface area contributed by atoms with E-state index in [1.54, 1.807) is 34.2 Å². The Hall–Kier alpha value is -2.89. The molecule has 6 nitrogen and oxygen atoms in total. The summed E-state index contributed by atoms with van der Waals surface area (Å²) in [5.74, 6) is -0.0732. The lowest BCUT2D eigenvalue weighted by atomic mass is 10.1. The highest BCUT2D eigenvalue weighted by molar-refractivity contribution is 5.96. The molecular formula is C19H22N4O2. The van der Waals surface area contributed by atoms with Crippen molar-refractivity contribution in [3.8, 4) is 0 Å². The van der Waals surface area contributed by atoms with Crippen LogP contribution in [0.25, 0.3) is 0 Å². The molecule has 6 heteroatoms. The lowest BCUT2D eigenvalue weighted by Crippen LogP contribution is -2.50. The normalized spacial score (nSPS) is 14.3. The van der Waals surface area contributed by atoms with E-state index >= 15 is 0 Å². The van der Waals surface area contributed by atoms with E-state index in [4.69, 9.17) is 0 Å². The second kappa shape index (κ2) is 7.34. The highest BCUT2D eigenvalue weighted by atomic mass is 16.2. The maximum absolute atomic E-state index is 12.7. The summed E-state index contributed by atoms with van der Waals surface area (Å²) >= 11 is 0. The molecule has 3 rings (SSSR count). The number of piperazine rings is 1. The van der Waals surface area contributed by atoms with Gasteiger partial charge in [0, 0.05) is 57.7 Å². The minimum absolute atomic E-state index is 0.00800. The first-order valence-electron chi connectivity index (χ1n) is 8.33. The van der Waals surface area contributed by atoms with Gasteiger partial charge in [-0.2, -0.15) is 0 Å². The summed E-state index contributed by atoms with van der Waals surface area (Å²) in [6.45, 7) is 2.11. The Kier molecular flexibility index (Phi) is 4.97. The number of carbonyl (C=O) groups excluding carboxylic acids is 2. The molecule has 0 unspecified atom stereocenters. The van der Waals surface area contributed by atoms with Crippen molar-refractivity contribution in [2.45, 2.75) is 0 Å². The maximum Gasteiger partial charge on any atom is 0.272 e. The Morgan fingerprint density at radius 2 is 1.60 bits per heavy atom. The highest BCUT2D eigenvalue weighted by Crippen LogP contribution is 2.16. The fourth-order valence-electron chi connectivity index (χ4n) is 2.86. The minimum atomic E-state index is -0.0812. The first-order chi connectivity index (χ1) is 12.1. The topological polar surface area (TPSA) is 56.8 Å². The fourth-order valence-corrected chi connectivity index (χ4v) is 2.86. The number of hydrogen-bond donors (Lipinski definition) is 0. The van der Waals surface area contributed by atoms with Crippen LogP contribution in [0.15, 0.2) is 48.7 Å². The second-order valence-electron chi connectivity index (χ2n) is 6.24. The van der Waals surface area contributed by atoms with E-state index in [9.17, 15) is 9.59 Å². The van der Waals surface area contributed by atoms with Crippen molar-refractivity contribution in [1.82, 2.24) is 14.8 Å². The molecule has 0 atom stereocenters. The molecule has 1 aliphatic heterocycles. The van der Waals surface area contributed by atoms with E-state index in [-0.39, 0.29) is 11.8 Å². The van der Waals surface area contributed by atoms with Crippen molar-refractivity contribution in [1.29, 1.82) is 0 Å². The van der Waals surface area contributed by atoms with Crippen molar-refractivity contribution < 1.29 is 9.59 Å². The van der Waals surface area contributed by atoms with Crippen molar-refractivity contribution >= 4 is 17.5 Å². The van der Waals surface area contributed by atoms with Crippen molar-refractivity contribution in [3.05, 3.63) is 59.9 Å². The van der Waals surface area contributed by atoms with Crippen LogP contribution >= 0.6 is 0 Å². The zero-order valence-corrected chi connectivity index (χ0v) is 14.6. The number of hydrogen-bond acceptors (Lipinski definition) is 4. The molecular weight excluding hydrogens is 316 g/mol. The molecule has 1 aliphatic rings. The van der Waals surface area contributed by atoms with Crippen LogP contribution < -0.4 is 4.90 Å². The zero-order valence-electron chi connectivity index (χ0n) is 14.6. The number of anilines is 1. The monoisotopic (exact) mass is 338 g/mol. The predicted molar refractivity (Wildman–Crippen MR) is 96.8 cm³/mol. The van der Waals surface area contributed by atoms with Gasteiger partial charge in [-0.1, -0.05) is 12.1 Å². The molecule has 25 heavy (non-hydrogen) atoms. The second-order valence-corrected chi connectivity index (χ2v) is 6.24. The van der Waals surface area contributed by atoms with Gasteiger partial charge in [-0.05, 0) is 30.3 Å². The summed E-state index contributed by atoms with van der Waals surface area (Å²) in [6.07, 6.45) is 1.62. The van der Waals surface area contributed by atoms with E-state index in [1.807, 2.05) is 43.3 Å². The molecule has 1 fully saturated rings. The molecule has 1 aromatic heterocycles. The smallest absolute Gasteiger partial charge is 0.272 e. The van der Waals surface area contributed by atoms with Gasteiger partial charge in [-0.25, -0.2) is 0 Å². The van der Waals surface area contributed by atoms with Gasteiger partial charge in [0.25, 0.3) is 11.8 Å². The summed E-state index contributed by atoms with van der Waals surface area (Å²) in [5, 5.41) is 0. The van der Waals surface area contributed by atoms with Gasteiger partial charge in [0.1, 0.15) is 5.69 Å². The van der Waals surface area contributed by atoms with E-state index in [0.717, 1.165) is 5.69 Å². The van der Waals surface area contributed by atoms with Gasteiger partial charge in [-0.3, -0.25) is 14.6 Å². The number of nitrogens with zero attached hydrogens (tertiary/aromatic N) is 4. The van der Waals surface area contributed by atoms with Crippen LogP contribution in [0.2, 0.25) is 0 Å². The van der Waals surface area contributed by atoms with Crippen LogP contribution in [0.5, 0.6) is 0 Å².